The number of hydrogen-bond acceptors (Lipinski definition) is 9. The molecule has 0 unspecified atom stereocenters. The zero-order valence-electron chi connectivity index (χ0n) is 18.3. The molecule has 1 aromatic rings. The zero-order valence-corrected chi connectivity index (χ0v) is 18.3. The monoisotopic (exact) mass is 431 g/mol. The van der Waals surface area contributed by atoms with Gasteiger partial charge in [0, 0.05) is 13.5 Å². The van der Waals surface area contributed by atoms with E-state index in [9.17, 15) is 4.79 Å². The van der Waals surface area contributed by atoms with E-state index in [-0.39, 0.29) is 30.3 Å². The smallest absolute Gasteiger partial charge is 0.325 e. The Morgan fingerprint density at radius 1 is 1.32 bits per heavy atom. The first-order valence-corrected chi connectivity index (χ1v) is 10.5. The highest BCUT2D eigenvalue weighted by Gasteiger charge is 2.64. The van der Waals surface area contributed by atoms with Gasteiger partial charge in [-0.1, -0.05) is 11.6 Å². The lowest BCUT2D eigenvalue weighted by atomic mass is 9.75. The van der Waals surface area contributed by atoms with Gasteiger partial charge in [-0.2, -0.15) is 0 Å². The number of methoxy groups -OCH3 is 2. The minimum atomic E-state index is -0.395. The number of aromatic nitrogens is 2. The lowest BCUT2D eigenvalue weighted by Gasteiger charge is -2.38. The molecule has 0 bridgehead atoms. The van der Waals surface area contributed by atoms with Crippen molar-refractivity contribution >= 4 is 11.9 Å². The fourth-order valence-electron chi connectivity index (χ4n) is 4.10. The van der Waals surface area contributed by atoms with Gasteiger partial charge in [-0.3, -0.25) is 4.79 Å². The van der Waals surface area contributed by atoms with Crippen molar-refractivity contribution in [2.75, 3.05) is 32.7 Å². The normalized spacial score (nSPS) is 28.6. The molecule has 2 fully saturated rings. The van der Waals surface area contributed by atoms with Gasteiger partial charge < -0.3 is 29.0 Å². The number of allylic oxidation sites excluding steroid dienone is 2. The van der Waals surface area contributed by atoms with Gasteiger partial charge in [-0.25, -0.2) is 9.97 Å². The fraction of sp³-hybridized carbons (Fsp3) is 0.591. The van der Waals surface area contributed by atoms with Crippen LogP contribution >= 0.6 is 0 Å². The minimum absolute atomic E-state index is 0.0450. The van der Waals surface area contributed by atoms with Crippen LogP contribution in [0.25, 0.3) is 0 Å². The second kappa shape index (κ2) is 8.84. The topological polar surface area (TPSA) is 108 Å². The molecule has 4 rings (SSSR count). The molecule has 3 aliphatic rings. The molecule has 2 aliphatic heterocycles. The van der Waals surface area contributed by atoms with Crippen molar-refractivity contribution < 1.29 is 28.5 Å². The lowest BCUT2D eigenvalue weighted by Crippen LogP contribution is -2.50. The van der Waals surface area contributed by atoms with Crippen LogP contribution in [0, 0.1) is 5.92 Å². The third-order valence-corrected chi connectivity index (χ3v) is 5.88. The van der Waals surface area contributed by atoms with E-state index in [4.69, 9.17) is 23.7 Å². The molecule has 3 heterocycles. The Morgan fingerprint density at radius 2 is 2.06 bits per heavy atom. The molecule has 9 heteroatoms. The summed E-state index contributed by atoms with van der Waals surface area (Å²) in [4.78, 5) is 20.6. The predicted octanol–water partition coefficient (Wildman–Crippen LogP) is 2.60. The fourth-order valence-corrected chi connectivity index (χ4v) is 4.10. The number of nitrogens with zero attached hydrogens (tertiary/aromatic N) is 2. The van der Waals surface area contributed by atoms with Gasteiger partial charge in [0.05, 0.1) is 32.0 Å². The van der Waals surface area contributed by atoms with Crippen LogP contribution in [0.5, 0.6) is 5.75 Å². The van der Waals surface area contributed by atoms with E-state index in [1.54, 1.807) is 7.11 Å². The molecule has 9 nitrogen and oxygen atoms in total. The predicted molar refractivity (Wildman–Crippen MR) is 111 cm³/mol. The zero-order chi connectivity index (χ0) is 22.0. The van der Waals surface area contributed by atoms with Gasteiger partial charge in [0.1, 0.15) is 30.1 Å². The number of hydrogen-bond donors (Lipinski definition) is 1. The summed E-state index contributed by atoms with van der Waals surface area (Å²) in [5, 5.41) is 2.87. The molecule has 1 aromatic heterocycles. The van der Waals surface area contributed by atoms with Gasteiger partial charge >= 0.3 is 5.97 Å². The maximum absolute atomic E-state index is 12.5. The highest BCUT2D eigenvalue weighted by Crippen LogP contribution is 2.55. The Kier molecular flexibility index (Phi) is 6.15. The summed E-state index contributed by atoms with van der Waals surface area (Å²) in [5.74, 6) is 2.30. The van der Waals surface area contributed by atoms with Crippen LogP contribution in [0.1, 0.15) is 33.1 Å². The molecule has 0 aromatic carbocycles. The Balaban J connectivity index is 1.38. The average Bonchev–Trinajstić information content (AvgIpc) is 3.69. The standard InChI is InChI=1S/C22H29N3O6/c1-13(2)5-6-15-20(31-15)18-19(28-4)16(7-8-22(18)12-29-22)30-17(26)11-25-21-23-9-14(27-3)10-24-21/h5,9-10,16,18-19H,6-8,11-12H2,1-4H3,(H,23,24,25)/t16-,18-,19-,22+/m1/s1. The van der Waals surface area contributed by atoms with Crippen LogP contribution in [-0.4, -0.2) is 61.1 Å². The van der Waals surface area contributed by atoms with E-state index in [2.05, 4.69) is 35.2 Å². The molecule has 1 N–H and O–H groups in total. The van der Waals surface area contributed by atoms with Gasteiger partial charge in [0.15, 0.2) is 11.5 Å². The van der Waals surface area contributed by atoms with Crippen molar-refractivity contribution in [1.29, 1.82) is 0 Å². The molecule has 31 heavy (non-hydrogen) atoms. The van der Waals surface area contributed by atoms with Gasteiger partial charge in [-0.15, -0.1) is 0 Å². The maximum Gasteiger partial charge on any atom is 0.325 e. The summed E-state index contributed by atoms with van der Waals surface area (Å²) in [6.45, 7) is 4.76. The molecule has 1 spiro atoms. The number of ether oxygens (including phenoxy) is 5. The van der Waals surface area contributed by atoms with Crippen molar-refractivity contribution in [1.82, 2.24) is 9.97 Å². The molecule has 1 aliphatic carbocycles. The Labute approximate surface area is 181 Å². The number of esters is 1. The van der Waals surface area contributed by atoms with Crippen LogP contribution in [0.3, 0.4) is 0 Å². The number of carbonyl (C=O) groups is 1. The Hall–Kier alpha value is -2.65. The second-order valence-electron chi connectivity index (χ2n) is 8.27. The third kappa shape index (κ3) is 4.83. The third-order valence-electron chi connectivity index (χ3n) is 5.88. The molecule has 0 radical (unpaired) electrons. The Bertz CT molecular complexity index is 874. The first-order valence-electron chi connectivity index (χ1n) is 10.5. The summed E-state index contributed by atoms with van der Waals surface area (Å²) in [6.07, 6.45) is 6.73. The summed E-state index contributed by atoms with van der Waals surface area (Å²) < 4.78 is 28.3. The lowest BCUT2D eigenvalue weighted by molar-refractivity contribution is -0.164. The highest BCUT2D eigenvalue weighted by molar-refractivity contribution is 5.74. The van der Waals surface area contributed by atoms with Crippen LogP contribution < -0.4 is 10.1 Å². The van der Waals surface area contributed by atoms with Gasteiger partial charge in [0.2, 0.25) is 5.95 Å². The first kappa shape index (κ1) is 21.6. The van der Waals surface area contributed by atoms with Crippen molar-refractivity contribution in [3.63, 3.8) is 0 Å². The minimum Gasteiger partial charge on any atom is -0.494 e. The number of anilines is 1. The number of rotatable bonds is 9. The van der Waals surface area contributed by atoms with E-state index in [0.29, 0.717) is 24.7 Å². The van der Waals surface area contributed by atoms with Crippen LogP contribution in [0.4, 0.5) is 5.95 Å². The van der Waals surface area contributed by atoms with E-state index >= 15 is 0 Å². The van der Waals surface area contributed by atoms with E-state index < -0.39 is 5.97 Å². The van der Waals surface area contributed by atoms with Crippen molar-refractivity contribution in [2.24, 2.45) is 5.92 Å². The second-order valence-corrected chi connectivity index (χ2v) is 8.27. The number of nitrogens with one attached hydrogen (secondary N) is 1. The molecule has 1 saturated heterocycles. The van der Waals surface area contributed by atoms with Gasteiger partial charge in [0.25, 0.3) is 0 Å². The number of epoxide rings is 1. The molecule has 168 valence electrons. The number of carbonyl (C=O) groups excluding carboxylic acids is 1. The summed E-state index contributed by atoms with van der Waals surface area (Å²) in [7, 11) is 3.18. The summed E-state index contributed by atoms with van der Waals surface area (Å²) in [5.41, 5.74) is 0.979. The molecular weight excluding hydrogens is 402 g/mol. The van der Waals surface area contributed by atoms with Crippen LogP contribution in [-0.2, 0) is 23.7 Å². The largest absolute Gasteiger partial charge is 0.494 e. The SMILES string of the molecule is COc1cnc(NCC(=O)O[C@@H]2CC[C@]3(CO3)[C@@H](C3=C(CC=C(C)C)O3)[C@@H]2OC)nc1. The van der Waals surface area contributed by atoms with Gasteiger partial charge in [-0.05, 0) is 26.7 Å². The molecule has 1 saturated carbocycles. The molecular formula is C22H29N3O6. The molecule has 0 amide bonds. The van der Waals surface area contributed by atoms with Crippen LogP contribution in [0.15, 0.2) is 35.6 Å². The molecule has 4 atom stereocenters. The summed E-state index contributed by atoms with van der Waals surface area (Å²) >= 11 is 0. The van der Waals surface area contributed by atoms with Crippen molar-refractivity contribution in [2.45, 2.75) is 50.9 Å². The van der Waals surface area contributed by atoms with E-state index in [1.807, 2.05) is 0 Å². The van der Waals surface area contributed by atoms with Crippen molar-refractivity contribution in [3.8, 4) is 5.75 Å². The van der Waals surface area contributed by atoms with Crippen LogP contribution in [0.2, 0.25) is 0 Å². The van der Waals surface area contributed by atoms with E-state index in [0.717, 1.165) is 24.4 Å². The average molecular weight is 431 g/mol. The Morgan fingerprint density at radius 3 is 2.68 bits per heavy atom. The maximum atomic E-state index is 12.5. The summed E-state index contributed by atoms with van der Waals surface area (Å²) in [6, 6.07) is 0. The van der Waals surface area contributed by atoms with E-state index in [1.165, 1.54) is 25.1 Å². The first-order chi connectivity index (χ1) is 15.0. The quantitative estimate of drug-likeness (QED) is 0.358. The highest BCUT2D eigenvalue weighted by atomic mass is 16.6. The van der Waals surface area contributed by atoms with Crippen molar-refractivity contribution in [3.05, 3.63) is 35.6 Å².